The molecule has 114 valence electrons. The Bertz CT molecular complexity index is 696. The van der Waals surface area contributed by atoms with Crippen LogP contribution in [0.3, 0.4) is 0 Å². The van der Waals surface area contributed by atoms with E-state index in [0.29, 0.717) is 27.0 Å². The SMILES string of the molecule is CC(=O)OC(=O)Cc1ccccc1Nc1c(Cl)cccc1Cl. The van der Waals surface area contributed by atoms with Crippen molar-refractivity contribution in [1.29, 1.82) is 0 Å². The summed E-state index contributed by atoms with van der Waals surface area (Å²) < 4.78 is 4.55. The molecule has 0 aliphatic heterocycles. The summed E-state index contributed by atoms with van der Waals surface area (Å²) in [5.74, 6) is -1.25. The van der Waals surface area contributed by atoms with E-state index in [1.54, 1.807) is 36.4 Å². The van der Waals surface area contributed by atoms with E-state index >= 15 is 0 Å². The summed E-state index contributed by atoms with van der Waals surface area (Å²) in [5, 5.41) is 4.04. The van der Waals surface area contributed by atoms with Gasteiger partial charge in [-0.1, -0.05) is 47.5 Å². The third kappa shape index (κ3) is 4.23. The number of halogens is 2. The normalized spacial score (nSPS) is 10.1. The van der Waals surface area contributed by atoms with Crippen LogP contribution in [-0.4, -0.2) is 11.9 Å². The van der Waals surface area contributed by atoms with Gasteiger partial charge in [0.25, 0.3) is 0 Å². The van der Waals surface area contributed by atoms with Gasteiger partial charge in [-0.05, 0) is 23.8 Å². The second-order valence-corrected chi connectivity index (χ2v) is 5.34. The number of rotatable bonds is 4. The van der Waals surface area contributed by atoms with Gasteiger partial charge in [0.2, 0.25) is 0 Å². The van der Waals surface area contributed by atoms with Gasteiger partial charge in [0.05, 0.1) is 22.2 Å². The molecule has 6 heteroatoms. The molecule has 0 aliphatic rings. The van der Waals surface area contributed by atoms with E-state index in [1.165, 1.54) is 6.92 Å². The molecule has 0 saturated carbocycles. The number of carbonyl (C=O) groups is 2. The van der Waals surface area contributed by atoms with Gasteiger partial charge in [-0.2, -0.15) is 0 Å². The molecule has 0 radical (unpaired) electrons. The average Bonchev–Trinajstić information content (AvgIpc) is 2.44. The smallest absolute Gasteiger partial charge is 0.317 e. The Kier molecular flexibility index (Phi) is 5.41. The predicted octanol–water partition coefficient (Wildman–Crippen LogP) is 4.37. The first-order chi connectivity index (χ1) is 10.5. The minimum atomic E-state index is -0.635. The number of esters is 2. The lowest BCUT2D eigenvalue weighted by molar-refractivity contribution is -0.157. The fourth-order valence-corrected chi connectivity index (χ4v) is 2.39. The second kappa shape index (κ2) is 7.29. The lowest BCUT2D eigenvalue weighted by Gasteiger charge is -2.14. The highest BCUT2D eigenvalue weighted by molar-refractivity contribution is 6.39. The molecule has 2 aromatic rings. The predicted molar refractivity (Wildman–Crippen MR) is 86.7 cm³/mol. The summed E-state index contributed by atoms with van der Waals surface area (Å²) in [6, 6.07) is 12.3. The van der Waals surface area contributed by atoms with Crippen LogP contribution in [0.5, 0.6) is 0 Å². The van der Waals surface area contributed by atoms with Crippen LogP contribution in [0.2, 0.25) is 10.0 Å². The van der Waals surface area contributed by atoms with Gasteiger partial charge in [-0.25, -0.2) is 0 Å². The molecule has 0 atom stereocenters. The van der Waals surface area contributed by atoms with Crippen molar-refractivity contribution in [3.05, 3.63) is 58.1 Å². The minimum Gasteiger partial charge on any atom is -0.393 e. The van der Waals surface area contributed by atoms with Gasteiger partial charge >= 0.3 is 11.9 Å². The van der Waals surface area contributed by atoms with Crippen LogP contribution in [0.15, 0.2) is 42.5 Å². The highest BCUT2D eigenvalue weighted by Crippen LogP contribution is 2.33. The Morgan fingerprint density at radius 3 is 2.32 bits per heavy atom. The van der Waals surface area contributed by atoms with E-state index in [4.69, 9.17) is 23.2 Å². The van der Waals surface area contributed by atoms with Gasteiger partial charge in [-0.3, -0.25) is 9.59 Å². The molecule has 0 aromatic heterocycles. The van der Waals surface area contributed by atoms with Crippen molar-refractivity contribution in [1.82, 2.24) is 0 Å². The molecular formula is C16H13Cl2NO3. The molecule has 2 rings (SSSR count). The monoisotopic (exact) mass is 337 g/mol. The molecule has 4 nitrogen and oxygen atoms in total. The summed E-state index contributed by atoms with van der Waals surface area (Å²) in [5.41, 5.74) is 1.89. The first kappa shape index (κ1) is 16.3. The molecule has 0 saturated heterocycles. The zero-order valence-electron chi connectivity index (χ0n) is 11.7. The number of nitrogens with one attached hydrogen (secondary N) is 1. The summed E-state index contributed by atoms with van der Waals surface area (Å²) in [6.45, 7) is 1.19. The fourth-order valence-electron chi connectivity index (χ4n) is 1.90. The van der Waals surface area contributed by atoms with E-state index in [0.717, 1.165) is 0 Å². The standard InChI is InChI=1S/C16H13Cl2NO3/c1-10(20)22-15(21)9-11-5-2-3-8-14(11)19-16-12(17)6-4-7-13(16)18/h2-8,19H,9H2,1H3. The number of anilines is 2. The van der Waals surface area contributed by atoms with E-state index in [1.807, 2.05) is 6.07 Å². The molecule has 0 unspecified atom stereocenters. The lowest BCUT2D eigenvalue weighted by Crippen LogP contribution is -2.12. The number of carbonyl (C=O) groups excluding carboxylic acids is 2. The third-order valence-corrected chi connectivity index (χ3v) is 3.46. The molecule has 1 N–H and O–H groups in total. The summed E-state index contributed by atoms with van der Waals surface area (Å²) >= 11 is 12.2. The number of benzene rings is 2. The second-order valence-electron chi connectivity index (χ2n) is 4.52. The third-order valence-electron chi connectivity index (χ3n) is 2.83. The van der Waals surface area contributed by atoms with Crippen molar-refractivity contribution in [3.63, 3.8) is 0 Å². The Balaban J connectivity index is 2.25. The maximum Gasteiger partial charge on any atom is 0.317 e. The first-order valence-corrected chi connectivity index (χ1v) is 7.23. The van der Waals surface area contributed by atoms with Gasteiger partial charge in [-0.15, -0.1) is 0 Å². The van der Waals surface area contributed by atoms with Crippen LogP contribution in [0.1, 0.15) is 12.5 Å². The Morgan fingerprint density at radius 1 is 1.05 bits per heavy atom. The quantitative estimate of drug-likeness (QED) is 0.664. The van der Waals surface area contributed by atoms with Crippen LogP contribution in [-0.2, 0) is 20.7 Å². The Hall–Kier alpha value is -2.04. The number of para-hydroxylation sites is 2. The van der Waals surface area contributed by atoms with Crippen LogP contribution >= 0.6 is 23.2 Å². The highest BCUT2D eigenvalue weighted by Gasteiger charge is 2.13. The molecular weight excluding hydrogens is 325 g/mol. The molecule has 0 amide bonds. The molecule has 0 bridgehead atoms. The summed E-state index contributed by atoms with van der Waals surface area (Å²) in [6.07, 6.45) is -0.0369. The zero-order chi connectivity index (χ0) is 16.1. The molecule has 0 fully saturated rings. The summed E-state index contributed by atoms with van der Waals surface area (Å²) in [7, 11) is 0. The average molecular weight is 338 g/mol. The van der Waals surface area contributed by atoms with Crippen LogP contribution in [0.4, 0.5) is 11.4 Å². The number of hydrogen-bond donors (Lipinski definition) is 1. The lowest BCUT2D eigenvalue weighted by atomic mass is 10.1. The van der Waals surface area contributed by atoms with E-state index in [2.05, 4.69) is 10.1 Å². The molecule has 22 heavy (non-hydrogen) atoms. The van der Waals surface area contributed by atoms with E-state index < -0.39 is 11.9 Å². The molecule has 2 aromatic carbocycles. The van der Waals surface area contributed by atoms with Gasteiger partial charge in [0, 0.05) is 12.6 Å². The van der Waals surface area contributed by atoms with Crippen molar-refractivity contribution < 1.29 is 14.3 Å². The molecule has 0 heterocycles. The summed E-state index contributed by atoms with van der Waals surface area (Å²) in [4.78, 5) is 22.5. The Labute approximate surface area is 138 Å². The topological polar surface area (TPSA) is 55.4 Å². The van der Waals surface area contributed by atoms with Crippen molar-refractivity contribution >= 4 is 46.5 Å². The zero-order valence-corrected chi connectivity index (χ0v) is 13.2. The first-order valence-electron chi connectivity index (χ1n) is 6.47. The maximum absolute atomic E-state index is 11.6. The van der Waals surface area contributed by atoms with Gasteiger partial charge in [0.15, 0.2) is 0 Å². The van der Waals surface area contributed by atoms with E-state index in [9.17, 15) is 9.59 Å². The maximum atomic E-state index is 11.6. The van der Waals surface area contributed by atoms with Crippen molar-refractivity contribution in [2.75, 3.05) is 5.32 Å². The van der Waals surface area contributed by atoms with Gasteiger partial charge in [0.1, 0.15) is 0 Å². The Morgan fingerprint density at radius 2 is 1.68 bits per heavy atom. The van der Waals surface area contributed by atoms with Crippen molar-refractivity contribution in [3.8, 4) is 0 Å². The van der Waals surface area contributed by atoms with Crippen molar-refractivity contribution in [2.45, 2.75) is 13.3 Å². The molecule has 0 aliphatic carbocycles. The van der Waals surface area contributed by atoms with Crippen LogP contribution in [0.25, 0.3) is 0 Å². The fraction of sp³-hybridized carbons (Fsp3) is 0.125. The number of hydrogen-bond acceptors (Lipinski definition) is 4. The van der Waals surface area contributed by atoms with Crippen LogP contribution in [0, 0.1) is 0 Å². The van der Waals surface area contributed by atoms with Gasteiger partial charge < -0.3 is 10.1 Å². The highest BCUT2D eigenvalue weighted by atomic mass is 35.5. The largest absolute Gasteiger partial charge is 0.393 e. The van der Waals surface area contributed by atoms with Crippen LogP contribution < -0.4 is 5.32 Å². The number of ether oxygens (including phenoxy) is 1. The minimum absolute atomic E-state index is 0.0369. The van der Waals surface area contributed by atoms with Crippen molar-refractivity contribution in [2.24, 2.45) is 0 Å². The van der Waals surface area contributed by atoms with E-state index in [-0.39, 0.29) is 6.42 Å². The molecule has 0 spiro atoms.